The molecule has 7 nitrogen and oxygen atoms in total. The summed E-state index contributed by atoms with van der Waals surface area (Å²) in [6.45, 7) is -0.0853. The largest absolute Gasteiger partial charge is 0.496 e. The molecule has 0 heterocycles. The highest BCUT2D eigenvalue weighted by Crippen LogP contribution is 2.30. The Morgan fingerprint density at radius 1 is 1.24 bits per heavy atom. The fraction of sp³-hybridized carbons (Fsp3) is 0.235. The van der Waals surface area contributed by atoms with Crippen LogP contribution >= 0.6 is 0 Å². The maximum absolute atomic E-state index is 12.9. The maximum atomic E-state index is 12.9. The van der Waals surface area contributed by atoms with Gasteiger partial charge in [0, 0.05) is 13.6 Å². The molecule has 0 fully saturated rings. The summed E-state index contributed by atoms with van der Waals surface area (Å²) in [4.78, 5) is 24.0. The summed E-state index contributed by atoms with van der Waals surface area (Å²) < 4.78 is 23.1. The monoisotopic (exact) mass is 348 g/mol. The second-order valence-electron chi connectivity index (χ2n) is 5.26. The predicted molar refractivity (Wildman–Crippen MR) is 88.0 cm³/mol. The first kappa shape index (κ1) is 18.2. The summed E-state index contributed by atoms with van der Waals surface area (Å²) >= 11 is 0. The molecule has 0 aliphatic heterocycles. The average Bonchev–Trinajstić information content (AvgIpc) is 2.61. The van der Waals surface area contributed by atoms with Crippen LogP contribution in [0.25, 0.3) is 0 Å². The molecule has 0 N–H and O–H groups in total. The van der Waals surface area contributed by atoms with Crippen LogP contribution in [0.5, 0.6) is 11.5 Å². The Hall–Kier alpha value is -3.16. The van der Waals surface area contributed by atoms with Gasteiger partial charge in [-0.05, 0) is 29.8 Å². The van der Waals surface area contributed by atoms with E-state index in [1.54, 1.807) is 19.2 Å². The summed E-state index contributed by atoms with van der Waals surface area (Å²) in [6, 6.07) is 9.89. The molecule has 1 amide bonds. The Bertz CT molecular complexity index is 764. The molecule has 25 heavy (non-hydrogen) atoms. The van der Waals surface area contributed by atoms with Gasteiger partial charge in [0.15, 0.2) is 12.4 Å². The second kappa shape index (κ2) is 8.09. The standard InChI is InChI=1S/C17H17FN2O5/c1-19(10-12-3-5-13(18)6-4-12)17(21)11-25-16-8-7-14(24-2)9-15(16)20(22)23/h3-9H,10-11H2,1-2H3. The topological polar surface area (TPSA) is 81.9 Å². The summed E-state index contributed by atoms with van der Waals surface area (Å²) in [5.41, 5.74) is 0.473. The van der Waals surface area contributed by atoms with Gasteiger partial charge in [0.05, 0.1) is 18.1 Å². The SMILES string of the molecule is COc1ccc(OCC(=O)N(C)Cc2ccc(F)cc2)c([N+](=O)[O-])c1. The number of amides is 1. The number of carbonyl (C=O) groups excluding carboxylic acids is 1. The Balaban J connectivity index is 1.99. The number of nitrogens with zero attached hydrogens (tertiary/aromatic N) is 2. The number of nitro groups is 1. The highest BCUT2D eigenvalue weighted by atomic mass is 19.1. The van der Waals surface area contributed by atoms with Crippen molar-refractivity contribution in [1.29, 1.82) is 0 Å². The Kier molecular flexibility index (Phi) is 5.89. The molecule has 0 saturated heterocycles. The number of rotatable bonds is 7. The van der Waals surface area contributed by atoms with Crippen molar-refractivity contribution in [2.24, 2.45) is 0 Å². The molecule has 0 aromatic heterocycles. The maximum Gasteiger partial charge on any atom is 0.314 e. The zero-order chi connectivity index (χ0) is 18.4. The van der Waals surface area contributed by atoms with E-state index in [4.69, 9.17) is 9.47 Å². The summed E-state index contributed by atoms with van der Waals surface area (Å²) in [6.07, 6.45) is 0. The van der Waals surface area contributed by atoms with Crippen LogP contribution in [0.1, 0.15) is 5.56 Å². The Morgan fingerprint density at radius 3 is 2.52 bits per heavy atom. The van der Waals surface area contributed by atoms with Crippen LogP contribution in [-0.4, -0.2) is 36.5 Å². The number of ether oxygens (including phenoxy) is 2. The number of nitro benzene ring substituents is 1. The second-order valence-corrected chi connectivity index (χ2v) is 5.26. The lowest BCUT2D eigenvalue weighted by Gasteiger charge is -2.17. The molecule has 0 bridgehead atoms. The quantitative estimate of drug-likeness (QED) is 0.568. The lowest BCUT2D eigenvalue weighted by Crippen LogP contribution is -2.31. The van der Waals surface area contributed by atoms with Gasteiger partial charge in [-0.1, -0.05) is 12.1 Å². The molecule has 0 aliphatic rings. The van der Waals surface area contributed by atoms with E-state index < -0.39 is 4.92 Å². The molecule has 0 spiro atoms. The first-order chi connectivity index (χ1) is 11.9. The van der Waals surface area contributed by atoms with E-state index in [1.807, 2.05) is 0 Å². The molecular formula is C17H17FN2O5. The van der Waals surface area contributed by atoms with Gasteiger partial charge in [-0.3, -0.25) is 14.9 Å². The molecule has 132 valence electrons. The predicted octanol–water partition coefficient (Wildman–Crippen LogP) is 2.78. The van der Waals surface area contributed by atoms with Gasteiger partial charge in [-0.25, -0.2) is 4.39 Å². The van der Waals surface area contributed by atoms with Gasteiger partial charge in [-0.15, -0.1) is 0 Å². The summed E-state index contributed by atoms with van der Waals surface area (Å²) in [5.74, 6) is -0.421. The zero-order valence-electron chi connectivity index (χ0n) is 13.8. The van der Waals surface area contributed by atoms with E-state index in [-0.39, 0.29) is 36.3 Å². The van der Waals surface area contributed by atoms with Gasteiger partial charge < -0.3 is 14.4 Å². The summed E-state index contributed by atoms with van der Waals surface area (Å²) in [5, 5.41) is 11.1. The Labute approximate surface area is 143 Å². The Morgan fingerprint density at radius 2 is 1.92 bits per heavy atom. The number of halogens is 1. The number of hydrogen-bond acceptors (Lipinski definition) is 5. The van der Waals surface area contributed by atoms with E-state index in [2.05, 4.69) is 0 Å². The minimum Gasteiger partial charge on any atom is -0.496 e. The van der Waals surface area contributed by atoms with E-state index in [0.717, 1.165) is 5.56 Å². The first-order valence-corrected chi connectivity index (χ1v) is 7.34. The fourth-order valence-corrected chi connectivity index (χ4v) is 2.09. The average molecular weight is 348 g/mol. The number of benzene rings is 2. The third kappa shape index (κ3) is 4.90. The molecule has 2 aromatic rings. The van der Waals surface area contributed by atoms with Gasteiger partial charge in [0.25, 0.3) is 5.91 Å². The highest BCUT2D eigenvalue weighted by Gasteiger charge is 2.18. The molecule has 8 heteroatoms. The number of methoxy groups -OCH3 is 1. The van der Waals surface area contributed by atoms with Crippen molar-refractivity contribution < 1.29 is 23.6 Å². The number of carbonyl (C=O) groups is 1. The minimum absolute atomic E-state index is 0.0191. The smallest absolute Gasteiger partial charge is 0.314 e. The van der Waals surface area contributed by atoms with Crippen LogP contribution in [0.3, 0.4) is 0 Å². The molecular weight excluding hydrogens is 331 g/mol. The molecule has 0 radical (unpaired) electrons. The lowest BCUT2D eigenvalue weighted by molar-refractivity contribution is -0.385. The third-order valence-electron chi connectivity index (χ3n) is 3.47. The van der Waals surface area contributed by atoms with Crippen LogP contribution in [0.2, 0.25) is 0 Å². The highest BCUT2D eigenvalue weighted by molar-refractivity contribution is 5.77. The van der Waals surface area contributed by atoms with Crippen LogP contribution in [0.4, 0.5) is 10.1 Å². The molecule has 0 aliphatic carbocycles. The fourth-order valence-electron chi connectivity index (χ4n) is 2.09. The van der Waals surface area contributed by atoms with Crippen LogP contribution in [-0.2, 0) is 11.3 Å². The van der Waals surface area contributed by atoms with Gasteiger partial charge >= 0.3 is 5.69 Å². The third-order valence-corrected chi connectivity index (χ3v) is 3.47. The van der Waals surface area contributed by atoms with E-state index in [1.165, 1.54) is 42.3 Å². The van der Waals surface area contributed by atoms with Crippen molar-refractivity contribution in [3.05, 3.63) is 64.0 Å². The van der Waals surface area contributed by atoms with Crippen LogP contribution < -0.4 is 9.47 Å². The molecule has 2 aromatic carbocycles. The zero-order valence-corrected chi connectivity index (χ0v) is 13.8. The van der Waals surface area contributed by atoms with Crippen molar-refractivity contribution in [3.63, 3.8) is 0 Å². The minimum atomic E-state index is -0.607. The molecule has 0 atom stereocenters. The molecule has 0 saturated carbocycles. The van der Waals surface area contributed by atoms with Crippen molar-refractivity contribution in [3.8, 4) is 11.5 Å². The van der Waals surface area contributed by atoms with Crippen molar-refractivity contribution >= 4 is 11.6 Å². The van der Waals surface area contributed by atoms with Gasteiger partial charge in [0.1, 0.15) is 11.6 Å². The summed E-state index contributed by atoms with van der Waals surface area (Å²) in [7, 11) is 2.96. The van der Waals surface area contributed by atoms with Crippen molar-refractivity contribution in [1.82, 2.24) is 4.90 Å². The molecule has 0 unspecified atom stereocenters. The first-order valence-electron chi connectivity index (χ1n) is 7.34. The van der Waals surface area contributed by atoms with E-state index >= 15 is 0 Å². The number of hydrogen-bond donors (Lipinski definition) is 0. The van der Waals surface area contributed by atoms with Gasteiger partial charge in [0.2, 0.25) is 0 Å². The normalized spacial score (nSPS) is 10.2. The van der Waals surface area contributed by atoms with Crippen molar-refractivity contribution in [2.45, 2.75) is 6.54 Å². The van der Waals surface area contributed by atoms with E-state index in [0.29, 0.717) is 5.75 Å². The van der Waals surface area contributed by atoms with E-state index in [9.17, 15) is 19.3 Å². The van der Waals surface area contributed by atoms with Crippen LogP contribution in [0.15, 0.2) is 42.5 Å². The van der Waals surface area contributed by atoms with Gasteiger partial charge in [-0.2, -0.15) is 0 Å². The number of likely N-dealkylation sites (N-methyl/N-ethyl adjacent to an activating group) is 1. The van der Waals surface area contributed by atoms with Crippen molar-refractivity contribution in [2.75, 3.05) is 20.8 Å². The van der Waals surface area contributed by atoms with Crippen LogP contribution in [0, 0.1) is 15.9 Å². The molecule has 2 rings (SSSR count). The lowest BCUT2D eigenvalue weighted by atomic mass is 10.2.